The molecule has 3 amide bonds. The summed E-state index contributed by atoms with van der Waals surface area (Å²) in [7, 11) is 0. The van der Waals surface area contributed by atoms with Crippen LogP contribution < -0.4 is 16.0 Å². The maximum atomic E-state index is 13.3. The number of rotatable bonds is 16. The van der Waals surface area contributed by atoms with E-state index in [0.29, 0.717) is 64.5 Å². The van der Waals surface area contributed by atoms with Crippen LogP contribution in [0.3, 0.4) is 0 Å². The van der Waals surface area contributed by atoms with Crippen molar-refractivity contribution in [2.45, 2.75) is 135 Å². The lowest BCUT2D eigenvalue weighted by Gasteiger charge is -2.71. The maximum Gasteiger partial charge on any atom is 0.407 e. The van der Waals surface area contributed by atoms with Gasteiger partial charge in [-0.15, -0.1) is 0 Å². The van der Waals surface area contributed by atoms with Crippen LogP contribution in [0.25, 0.3) is 0 Å². The van der Waals surface area contributed by atoms with Gasteiger partial charge in [0.2, 0.25) is 11.8 Å². The normalized spacial score (nSPS) is 29.5. The fraction of sp³-hybridized carbons (Fsp3) is 0.839. The number of aliphatic carboxylic acids is 2. The predicted octanol–water partition coefficient (Wildman–Crippen LogP) is 4.52. The van der Waals surface area contributed by atoms with E-state index in [1.807, 2.05) is 6.92 Å². The van der Waals surface area contributed by atoms with Gasteiger partial charge in [0.15, 0.2) is 0 Å². The van der Waals surface area contributed by atoms with Crippen LogP contribution >= 0.6 is 0 Å². The SMILES string of the molecule is CCNC(=O)CCC12CC3(CCC(=O)O)CC(CCC(=O)O)(C1)CC(NC(=O)CCCCNC(=O)OC(C)(C)C)(C3)C2. The van der Waals surface area contributed by atoms with E-state index < -0.39 is 29.2 Å². The Kier molecular flexibility index (Phi) is 10.6. The molecular formula is C31H51N3O8. The summed E-state index contributed by atoms with van der Waals surface area (Å²) in [5.74, 6) is -1.83. The molecule has 2 atom stereocenters. The number of carboxylic acids is 2. The number of hydrogen-bond acceptors (Lipinski definition) is 6. The number of ether oxygens (including phenoxy) is 1. The Hall–Kier alpha value is -2.85. The van der Waals surface area contributed by atoms with Crippen molar-refractivity contribution in [3.8, 4) is 0 Å². The Bertz CT molecular complexity index is 1000. The average Bonchev–Trinajstić information content (AvgIpc) is 2.83. The molecule has 4 fully saturated rings. The van der Waals surface area contributed by atoms with Crippen LogP contribution in [0, 0.1) is 16.2 Å². The fourth-order valence-corrected chi connectivity index (χ4v) is 8.90. The van der Waals surface area contributed by atoms with Crippen molar-refractivity contribution in [1.29, 1.82) is 0 Å². The van der Waals surface area contributed by atoms with Gasteiger partial charge in [0.1, 0.15) is 5.60 Å². The molecular weight excluding hydrogens is 542 g/mol. The zero-order valence-electron chi connectivity index (χ0n) is 25.9. The van der Waals surface area contributed by atoms with E-state index in [1.54, 1.807) is 20.8 Å². The highest BCUT2D eigenvalue weighted by Gasteiger charge is 2.67. The summed E-state index contributed by atoms with van der Waals surface area (Å²) in [6.45, 7) is 8.20. The summed E-state index contributed by atoms with van der Waals surface area (Å²) in [5.41, 5.74) is -2.04. The van der Waals surface area contributed by atoms with E-state index in [9.17, 15) is 34.2 Å². The van der Waals surface area contributed by atoms with Gasteiger partial charge >= 0.3 is 18.0 Å². The topological polar surface area (TPSA) is 171 Å². The number of carbonyl (C=O) groups excluding carboxylic acids is 3. The van der Waals surface area contributed by atoms with Gasteiger partial charge < -0.3 is 30.9 Å². The van der Waals surface area contributed by atoms with Gasteiger partial charge in [0.25, 0.3) is 0 Å². The molecule has 4 bridgehead atoms. The minimum Gasteiger partial charge on any atom is -0.481 e. The monoisotopic (exact) mass is 593 g/mol. The Balaban J connectivity index is 1.75. The molecule has 238 valence electrons. The molecule has 4 aliphatic carbocycles. The quantitative estimate of drug-likeness (QED) is 0.163. The van der Waals surface area contributed by atoms with E-state index in [2.05, 4.69) is 16.0 Å². The molecule has 0 aromatic heterocycles. The number of alkyl carbamates (subject to hydrolysis) is 1. The van der Waals surface area contributed by atoms with Gasteiger partial charge in [-0.3, -0.25) is 19.2 Å². The summed E-state index contributed by atoms with van der Waals surface area (Å²) in [5, 5.41) is 28.1. The first kappa shape index (κ1) is 33.6. The molecule has 0 saturated heterocycles. The van der Waals surface area contributed by atoms with E-state index >= 15 is 0 Å². The average molecular weight is 594 g/mol. The lowest BCUT2D eigenvalue weighted by Crippen LogP contribution is -2.69. The standard InChI is InChI=1S/C31H51N3O8/c1-5-32-22(35)9-12-28-16-29(13-10-24(37)38)18-30(17-28,14-11-25(39)40)21-31(19-28,20-29)34-23(36)8-6-7-15-33-26(41)42-27(2,3)4/h5-21H2,1-4H3,(H,32,35)(H,33,41)(H,34,36)(H,37,38)(H,39,40). The third kappa shape index (κ3) is 9.33. The number of amides is 3. The molecule has 11 heteroatoms. The van der Waals surface area contributed by atoms with Crippen molar-refractivity contribution in [3.05, 3.63) is 0 Å². The van der Waals surface area contributed by atoms with Crippen molar-refractivity contribution >= 4 is 29.8 Å². The van der Waals surface area contributed by atoms with Crippen LogP contribution in [0.4, 0.5) is 4.79 Å². The summed E-state index contributed by atoms with van der Waals surface area (Å²) < 4.78 is 5.24. The summed E-state index contributed by atoms with van der Waals surface area (Å²) in [4.78, 5) is 61.0. The molecule has 4 rings (SSSR count). The molecule has 42 heavy (non-hydrogen) atoms. The van der Waals surface area contributed by atoms with E-state index in [0.717, 1.165) is 25.7 Å². The number of carbonyl (C=O) groups is 5. The van der Waals surface area contributed by atoms with Crippen LogP contribution in [0.5, 0.6) is 0 Å². The molecule has 0 radical (unpaired) electrons. The second-order valence-corrected chi connectivity index (χ2v) is 14.5. The Labute approximate surface area is 249 Å². The first-order chi connectivity index (χ1) is 19.5. The summed E-state index contributed by atoms with van der Waals surface area (Å²) >= 11 is 0. The second kappa shape index (κ2) is 13.2. The molecule has 0 spiro atoms. The van der Waals surface area contributed by atoms with Crippen molar-refractivity contribution in [2.75, 3.05) is 13.1 Å². The molecule has 0 heterocycles. The molecule has 0 aromatic rings. The Morgan fingerprint density at radius 1 is 0.690 bits per heavy atom. The van der Waals surface area contributed by atoms with Gasteiger partial charge in [-0.25, -0.2) is 4.79 Å². The number of unbranched alkanes of at least 4 members (excludes halogenated alkanes) is 1. The maximum absolute atomic E-state index is 13.3. The molecule has 2 unspecified atom stereocenters. The van der Waals surface area contributed by atoms with Crippen LogP contribution in [0.2, 0.25) is 0 Å². The molecule has 11 nitrogen and oxygen atoms in total. The zero-order valence-corrected chi connectivity index (χ0v) is 25.9. The van der Waals surface area contributed by atoms with Crippen molar-refractivity contribution < 1.29 is 38.9 Å². The van der Waals surface area contributed by atoms with Crippen LogP contribution in [-0.4, -0.2) is 64.3 Å². The molecule has 4 saturated carbocycles. The lowest BCUT2D eigenvalue weighted by molar-refractivity contribution is -0.191. The van der Waals surface area contributed by atoms with Crippen LogP contribution in [-0.2, 0) is 23.9 Å². The van der Waals surface area contributed by atoms with Crippen molar-refractivity contribution in [2.24, 2.45) is 16.2 Å². The molecule has 0 aromatic carbocycles. The fourth-order valence-electron chi connectivity index (χ4n) is 8.90. The van der Waals surface area contributed by atoms with Gasteiger partial charge in [-0.1, -0.05) is 0 Å². The van der Waals surface area contributed by atoms with E-state index in [1.165, 1.54) is 0 Å². The molecule has 4 aliphatic rings. The van der Waals surface area contributed by atoms with Gasteiger partial charge in [-0.2, -0.15) is 0 Å². The van der Waals surface area contributed by atoms with Crippen LogP contribution in [0.15, 0.2) is 0 Å². The lowest BCUT2D eigenvalue weighted by atomic mass is 9.35. The van der Waals surface area contributed by atoms with Crippen LogP contribution in [0.1, 0.15) is 124 Å². The Morgan fingerprint density at radius 2 is 1.19 bits per heavy atom. The molecule has 0 aliphatic heterocycles. The van der Waals surface area contributed by atoms with Crippen molar-refractivity contribution in [1.82, 2.24) is 16.0 Å². The highest BCUT2D eigenvalue weighted by Crippen LogP contribution is 2.74. The number of hydrogen-bond donors (Lipinski definition) is 5. The minimum absolute atomic E-state index is 0.0227. The summed E-state index contributed by atoms with van der Waals surface area (Å²) in [6.07, 6.45) is 7.42. The third-order valence-corrected chi connectivity index (χ3v) is 9.29. The van der Waals surface area contributed by atoms with Crippen molar-refractivity contribution in [3.63, 3.8) is 0 Å². The second-order valence-electron chi connectivity index (χ2n) is 14.5. The van der Waals surface area contributed by atoms with Gasteiger partial charge in [0.05, 0.1) is 0 Å². The zero-order chi connectivity index (χ0) is 31.2. The first-order valence-corrected chi connectivity index (χ1v) is 15.5. The molecule has 5 N–H and O–H groups in total. The largest absolute Gasteiger partial charge is 0.481 e. The smallest absolute Gasteiger partial charge is 0.407 e. The third-order valence-electron chi connectivity index (χ3n) is 9.29. The van der Waals surface area contributed by atoms with E-state index in [4.69, 9.17) is 4.74 Å². The highest BCUT2D eigenvalue weighted by molar-refractivity contribution is 5.77. The van der Waals surface area contributed by atoms with E-state index in [-0.39, 0.29) is 47.3 Å². The van der Waals surface area contributed by atoms with Gasteiger partial charge in [-0.05, 0) is 115 Å². The number of nitrogens with one attached hydrogen (secondary N) is 3. The predicted molar refractivity (Wildman–Crippen MR) is 156 cm³/mol. The van der Waals surface area contributed by atoms with Gasteiger partial charge in [0, 0.05) is 44.3 Å². The number of carboxylic acid groups (broad SMARTS) is 2. The Morgan fingerprint density at radius 3 is 1.64 bits per heavy atom. The highest BCUT2D eigenvalue weighted by atomic mass is 16.6. The minimum atomic E-state index is -0.861. The summed E-state index contributed by atoms with van der Waals surface area (Å²) in [6, 6.07) is 0. The first-order valence-electron chi connectivity index (χ1n) is 15.5.